The second-order valence-corrected chi connectivity index (χ2v) is 9.16. The molecule has 0 aliphatic carbocycles. The molecule has 0 aliphatic heterocycles. The smallest absolute Gasteiger partial charge is 0.255 e. The molecule has 0 saturated carbocycles. The van der Waals surface area contributed by atoms with Gasteiger partial charge in [-0.2, -0.15) is 0 Å². The second-order valence-electron chi connectivity index (χ2n) is 5.61. The van der Waals surface area contributed by atoms with Crippen LogP contribution in [0.25, 0.3) is 0 Å². The molecule has 2 rings (SSSR count). The summed E-state index contributed by atoms with van der Waals surface area (Å²) in [5.74, 6) is -0.542. The van der Waals surface area contributed by atoms with E-state index in [4.69, 9.17) is 9.88 Å². The molecular formula is C16H18N2O6S2. The summed E-state index contributed by atoms with van der Waals surface area (Å²) < 4.78 is 51.6. The van der Waals surface area contributed by atoms with Gasteiger partial charge in [-0.3, -0.25) is 4.79 Å². The molecule has 0 bridgehead atoms. The Morgan fingerprint density at radius 1 is 1.08 bits per heavy atom. The largest absolute Gasteiger partial charge is 0.495 e. The number of methoxy groups -OCH3 is 1. The highest BCUT2D eigenvalue weighted by Crippen LogP contribution is 2.26. The number of rotatable bonds is 5. The summed E-state index contributed by atoms with van der Waals surface area (Å²) in [7, 11) is -6.24. The van der Waals surface area contributed by atoms with Gasteiger partial charge in [-0.1, -0.05) is 6.07 Å². The number of hydrogen-bond acceptors (Lipinski definition) is 6. The Bertz CT molecular complexity index is 1080. The highest BCUT2D eigenvalue weighted by molar-refractivity contribution is 7.90. The first kappa shape index (κ1) is 19.9. The quantitative estimate of drug-likeness (QED) is 0.780. The van der Waals surface area contributed by atoms with Gasteiger partial charge >= 0.3 is 0 Å². The number of carbonyl (C=O) groups is 1. The molecule has 0 saturated heterocycles. The van der Waals surface area contributed by atoms with Gasteiger partial charge in [0.15, 0.2) is 9.84 Å². The number of carbonyl (C=O) groups excluding carboxylic acids is 1. The molecule has 2 aromatic carbocycles. The molecule has 0 radical (unpaired) electrons. The summed E-state index contributed by atoms with van der Waals surface area (Å²) in [5, 5.41) is 7.68. The van der Waals surface area contributed by atoms with Gasteiger partial charge in [-0.15, -0.1) is 0 Å². The van der Waals surface area contributed by atoms with Crippen LogP contribution in [0.4, 0.5) is 5.69 Å². The first-order valence-electron chi connectivity index (χ1n) is 7.26. The van der Waals surface area contributed by atoms with Crippen molar-refractivity contribution in [3.63, 3.8) is 0 Å². The van der Waals surface area contributed by atoms with Crippen LogP contribution in [0.3, 0.4) is 0 Å². The maximum atomic E-state index is 12.5. The highest BCUT2D eigenvalue weighted by Gasteiger charge is 2.18. The molecule has 0 fully saturated rings. The van der Waals surface area contributed by atoms with Gasteiger partial charge in [0.1, 0.15) is 10.6 Å². The van der Waals surface area contributed by atoms with Gasteiger partial charge in [-0.05, 0) is 42.8 Å². The van der Waals surface area contributed by atoms with Crippen molar-refractivity contribution in [3.8, 4) is 5.75 Å². The van der Waals surface area contributed by atoms with Crippen LogP contribution >= 0.6 is 0 Å². The zero-order valence-electron chi connectivity index (χ0n) is 14.3. The topological polar surface area (TPSA) is 133 Å². The summed E-state index contributed by atoms with van der Waals surface area (Å²) in [5.41, 5.74) is 0.889. The second kappa shape index (κ2) is 7.06. The van der Waals surface area contributed by atoms with Crippen molar-refractivity contribution in [2.75, 3.05) is 18.7 Å². The monoisotopic (exact) mass is 398 g/mol. The van der Waals surface area contributed by atoms with Gasteiger partial charge in [0.25, 0.3) is 5.91 Å². The lowest BCUT2D eigenvalue weighted by Gasteiger charge is -2.12. The van der Waals surface area contributed by atoms with E-state index in [1.807, 2.05) is 0 Å². The molecule has 2 aromatic rings. The van der Waals surface area contributed by atoms with E-state index in [0.717, 1.165) is 6.26 Å². The van der Waals surface area contributed by atoms with Crippen LogP contribution in [-0.4, -0.2) is 36.1 Å². The van der Waals surface area contributed by atoms with Gasteiger partial charge in [0.05, 0.1) is 12.0 Å². The molecule has 26 heavy (non-hydrogen) atoms. The summed E-state index contributed by atoms with van der Waals surface area (Å²) >= 11 is 0. The predicted molar refractivity (Wildman–Crippen MR) is 96.6 cm³/mol. The molecule has 0 heterocycles. The van der Waals surface area contributed by atoms with E-state index in [1.54, 1.807) is 6.92 Å². The fourth-order valence-corrected chi connectivity index (χ4v) is 3.62. The first-order valence-corrected chi connectivity index (χ1v) is 10.7. The van der Waals surface area contributed by atoms with Crippen LogP contribution in [0.2, 0.25) is 0 Å². The normalized spacial score (nSPS) is 11.8. The standard InChI is InChI=1S/C16H18N2O6S2/c1-10-4-6-12(25(3,20)21)9-13(10)16(19)18-11-5-7-14(24-2)15(8-11)26(17,22)23/h4-9H,1-3H3,(H,18,19)(H2,17,22,23). The SMILES string of the molecule is COc1ccc(NC(=O)c2cc(S(C)(=O)=O)ccc2C)cc1S(N)(=O)=O. The van der Waals surface area contributed by atoms with Crippen molar-refractivity contribution in [2.45, 2.75) is 16.7 Å². The van der Waals surface area contributed by atoms with Crippen molar-refractivity contribution >= 4 is 31.5 Å². The number of amides is 1. The number of anilines is 1. The lowest BCUT2D eigenvalue weighted by molar-refractivity contribution is 0.102. The van der Waals surface area contributed by atoms with Gasteiger partial charge in [-0.25, -0.2) is 22.0 Å². The molecule has 8 nitrogen and oxygen atoms in total. The number of nitrogens with one attached hydrogen (secondary N) is 1. The minimum absolute atomic E-state index is 0.00760. The Balaban J connectivity index is 2.43. The van der Waals surface area contributed by atoms with Gasteiger partial charge in [0, 0.05) is 17.5 Å². The number of aryl methyl sites for hydroxylation is 1. The van der Waals surface area contributed by atoms with E-state index < -0.39 is 25.8 Å². The molecular weight excluding hydrogens is 380 g/mol. The van der Waals surface area contributed by atoms with Crippen LogP contribution in [0, 0.1) is 6.92 Å². The zero-order valence-corrected chi connectivity index (χ0v) is 15.9. The van der Waals surface area contributed by atoms with E-state index >= 15 is 0 Å². The zero-order chi connectivity index (χ0) is 19.7. The Hall–Kier alpha value is -2.43. The van der Waals surface area contributed by atoms with Crippen LogP contribution < -0.4 is 15.2 Å². The van der Waals surface area contributed by atoms with Crippen molar-refractivity contribution < 1.29 is 26.4 Å². The minimum atomic E-state index is -4.06. The molecule has 0 unspecified atom stereocenters. The number of benzene rings is 2. The van der Waals surface area contributed by atoms with Gasteiger partial charge in [0.2, 0.25) is 10.0 Å². The van der Waals surface area contributed by atoms with E-state index in [-0.39, 0.29) is 26.8 Å². The maximum Gasteiger partial charge on any atom is 0.255 e. The minimum Gasteiger partial charge on any atom is -0.495 e. The molecule has 1 amide bonds. The average Bonchev–Trinajstić information content (AvgIpc) is 2.53. The highest BCUT2D eigenvalue weighted by atomic mass is 32.2. The summed E-state index contributed by atoms with van der Waals surface area (Å²) in [6.07, 6.45) is 1.04. The van der Waals surface area contributed by atoms with Crippen LogP contribution in [0.15, 0.2) is 46.2 Å². The summed E-state index contributed by atoms with van der Waals surface area (Å²) in [6.45, 7) is 1.66. The number of primary sulfonamides is 1. The Morgan fingerprint density at radius 3 is 2.27 bits per heavy atom. The van der Waals surface area contributed by atoms with Crippen molar-refractivity contribution in [2.24, 2.45) is 5.14 Å². The Labute approximate surface area is 151 Å². The van der Waals surface area contributed by atoms with Crippen molar-refractivity contribution in [1.29, 1.82) is 0 Å². The number of nitrogens with two attached hydrogens (primary N) is 1. The molecule has 140 valence electrons. The molecule has 0 spiro atoms. The van der Waals surface area contributed by atoms with Crippen molar-refractivity contribution in [1.82, 2.24) is 0 Å². The van der Waals surface area contributed by atoms with Crippen LogP contribution in [0.1, 0.15) is 15.9 Å². The number of ether oxygens (including phenoxy) is 1. The molecule has 3 N–H and O–H groups in total. The third kappa shape index (κ3) is 4.40. The van der Waals surface area contributed by atoms with E-state index in [2.05, 4.69) is 5.32 Å². The third-order valence-electron chi connectivity index (χ3n) is 3.61. The lowest BCUT2D eigenvalue weighted by atomic mass is 10.1. The van der Waals surface area contributed by atoms with Crippen molar-refractivity contribution in [3.05, 3.63) is 47.5 Å². The fraction of sp³-hybridized carbons (Fsp3) is 0.188. The summed E-state index contributed by atoms with van der Waals surface area (Å²) in [4.78, 5) is 12.2. The maximum absolute atomic E-state index is 12.5. The third-order valence-corrected chi connectivity index (χ3v) is 5.65. The van der Waals surface area contributed by atoms with Gasteiger partial charge < -0.3 is 10.1 Å². The number of sulfone groups is 1. The number of sulfonamides is 1. The fourth-order valence-electron chi connectivity index (χ4n) is 2.25. The predicted octanol–water partition coefficient (Wildman–Crippen LogP) is 1.31. The summed E-state index contributed by atoms with van der Waals surface area (Å²) in [6, 6.07) is 8.17. The molecule has 0 aromatic heterocycles. The average molecular weight is 398 g/mol. The molecule has 0 atom stereocenters. The van der Waals surface area contributed by atoms with Crippen LogP contribution in [-0.2, 0) is 19.9 Å². The first-order chi connectivity index (χ1) is 11.9. The van der Waals surface area contributed by atoms with E-state index in [1.165, 1.54) is 43.5 Å². The number of hydrogen-bond donors (Lipinski definition) is 2. The Morgan fingerprint density at radius 2 is 1.73 bits per heavy atom. The van der Waals surface area contributed by atoms with Crippen LogP contribution in [0.5, 0.6) is 5.75 Å². The molecule has 10 heteroatoms. The molecule has 0 aliphatic rings. The lowest BCUT2D eigenvalue weighted by Crippen LogP contribution is -2.17. The Kier molecular flexibility index (Phi) is 5.40. The van der Waals surface area contributed by atoms with E-state index in [0.29, 0.717) is 5.56 Å². The van der Waals surface area contributed by atoms with E-state index in [9.17, 15) is 21.6 Å².